The van der Waals surface area contributed by atoms with Gasteiger partial charge in [-0.3, -0.25) is 4.79 Å². The fourth-order valence-electron chi connectivity index (χ4n) is 2.93. The molecule has 1 N–H and O–H groups in total. The molecule has 0 aliphatic carbocycles. The molecule has 1 amide bonds. The van der Waals surface area contributed by atoms with Gasteiger partial charge in [0.25, 0.3) is 5.91 Å². The quantitative estimate of drug-likeness (QED) is 0.598. The van der Waals surface area contributed by atoms with Crippen LogP contribution in [0.5, 0.6) is 0 Å². The van der Waals surface area contributed by atoms with Gasteiger partial charge >= 0.3 is 0 Å². The maximum absolute atomic E-state index is 12.9. The molecule has 0 bridgehead atoms. The normalized spacial score (nSPS) is 17.5. The second-order valence-electron chi connectivity index (χ2n) is 6.19. The molecule has 1 aliphatic heterocycles. The third-order valence-corrected chi connectivity index (χ3v) is 4.58. The SMILES string of the molecule is CCOCCCN1C(=S)NC(c2ccccc2)C(C(=O)N(C)C)=C1C. The molecular formula is C19H27N3O2S. The molecule has 0 spiro atoms. The van der Waals surface area contributed by atoms with Crippen LogP contribution in [0.3, 0.4) is 0 Å². The minimum atomic E-state index is -0.230. The van der Waals surface area contributed by atoms with Gasteiger partial charge in [0.1, 0.15) is 0 Å². The molecule has 1 atom stereocenters. The second-order valence-corrected chi connectivity index (χ2v) is 6.58. The van der Waals surface area contributed by atoms with Crippen molar-refractivity contribution in [1.82, 2.24) is 15.1 Å². The van der Waals surface area contributed by atoms with Crippen molar-refractivity contribution in [3.63, 3.8) is 0 Å². The summed E-state index contributed by atoms with van der Waals surface area (Å²) >= 11 is 5.58. The molecule has 25 heavy (non-hydrogen) atoms. The largest absolute Gasteiger partial charge is 0.382 e. The fraction of sp³-hybridized carbons (Fsp3) is 0.474. The Labute approximate surface area is 155 Å². The highest BCUT2D eigenvalue weighted by Gasteiger charge is 2.34. The number of carbonyl (C=O) groups is 1. The summed E-state index contributed by atoms with van der Waals surface area (Å²) in [5.74, 6) is -0.00355. The van der Waals surface area contributed by atoms with Gasteiger partial charge in [-0.15, -0.1) is 0 Å². The molecule has 0 fully saturated rings. The Morgan fingerprint density at radius 3 is 2.60 bits per heavy atom. The molecule has 136 valence electrons. The lowest BCUT2D eigenvalue weighted by Crippen LogP contribution is -2.49. The third-order valence-electron chi connectivity index (χ3n) is 4.24. The summed E-state index contributed by atoms with van der Waals surface area (Å²) in [6, 6.07) is 9.71. The number of carbonyl (C=O) groups excluding carboxylic acids is 1. The molecule has 1 aromatic rings. The van der Waals surface area contributed by atoms with Crippen LogP contribution < -0.4 is 5.32 Å². The number of rotatable bonds is 7. The number of nitrogens with one attached hydrogen (secondary N) is 1. The van der Waals surface area contributed by atoms with E-state index in [9.17, 15) is 4.79 Å². The first-order valence-electron chi connectivity index (χ1n) is 8.60. The Balaban J connectivity index is 2.35. The Bertz CT molecular complexity index is 643. The number of likely N-dealkylation sites (N-methyl/N-ethyl adjacent to an activating group) is 1. The zero-order valence-electron chi connectivity index (χ0n) is 15.4. The van der Waals surface area contributed by atoms with E-state index in [0.717, 1.165) is 29.8 Å². The summed E-state index contributed by atoms with van der Waals surface area (Å²) in [5.41, 5.74) is 2.68. The summed E-state index contributed by atoms with van der Waals surface area (Å²) in [5, 5.41) is 4.00. The first kappa shape index (κ1) is 19.4. The van der Waals surface area contributed by atoms with Crippen LogP contribution in [-0.2, 0) is 9.53 Å². The number of hydrogen-bond donors (Lipinski definition) is 1. The molecular weight excluding hydrogens is 334 g/mol. The maximum Gasteiger partial charge on any atom is 0.253 e. The van der Waals surface area contributed by atoms with Crippen LogP contribution in [0, 0.1) is 0 Å². The maximum atomic E-state index is 12.9. The lowest BCUT2D eigenvalue weighted by molar-refractivity contribution is -0.125. The van der Waals surface area contributed by atoms with E-state index in [-0.39, 0.29) is 11.9 Å². The van der Waals surface area contributed by atoms with Crippen molar-refractivity contribution < 1.29 is 9.53 Å². The molecule has 1 heterocycles. The number of hydrogen-bond acceptors (Lipinski definition) is 3. The molecule has 0 saturated heterocycles. The van der Waals surface area contributed by atoms with Gasteiger partial charge in [0.05, 0.1) is 11.6 Å². The van der Waals surface area contributed by atoms with E-state index in [2.05, 4.69) is 5.32 Å². The Morgan fingerprint density at radius 1 is 1.32 bits per heavy atom. The number of ether oxygens (including phenoxy) is 1. The van der Waals surface area contributed by atoms with Gasteiger partial charge in [-0.25, -0.2) is 0 Å². The molecule has 6 heteroatoms. The summed E-state index contributed by atoms with van der Waals surface area (Å²) in [4.78, 5) is 16.5. The average molecular weight is 362 g/mol. The summed E-state index contributed by atoms with van der Waals surface area (Å²) < 4.78 is 5.42. The van der Waals surface area contributed by atoms with Crippen LogP contribution in [0.1, 0.15) is 31.9 Å². The Hall–Kier alpha value is -1.92. The third kappa shape index (κ3) is 4.58. The average Bonchev–Trinajstić information content (AvgIpc) is 2.60. The highest BCUT2D eigenvalue weighted by atomic mass is 32.1. The summed E-state index contributed by atoms with van der Waals surface area (Å²) in [7, 11) is 3.55. The molecule has 0 radical (unpaired) electrons. The van der Waals surface area contributed by atoms with Gasteiger partial charge < -0.3 is 19.9 Å². The summed E-state index contributed by atoms with van der Waals surface area (Å²) in [6.45, 7) is 6.07. The molecule has 1 unspecified atom stereocenters. The van der Waals surface area contributed by atoms with E-state index >= 15 is 0 Å². The molecule has 1 aliphatic rings. The van der Waals surface area contributed by atoms with Gasteiger partial charge in [-0.2, -0.15) is 0 Å². The standard InChI is InChI=1S/C19H27N3O2S/c1-5-24-13-9-12-22-14(2)16(18(23)21(3)4)17(20-19(22)25)15-10-7-6-8-11-15/h6-8,10-11,17H,5,9,12-13H2,1-4H3,(H,20,25). The highest BCUT2D eigenvalue weighted by Crippen LogP contribution is 2.31. The van der Waals surface area contributed by atoms with E-state index in [1.54, 1.807) is 19.0 Å². The van der Waals surface area contributed by atoms with Crippen LogP contribution in [0.25, 0.3) is 0 Å². The summed E-state index contributed by atoms with van der Waals surface area (Å²) in [6.07, 6.45) is 0.854. The van der Waals surface area contributed by atoms with Gasteiger partial charge in [-0.1, -0.05) is 30.3 Å². The van der Waals surface area contributed by atoms with Gasteiger partial charge in [0.2, 0.25) is 0 Å². The van der Waals surface area contributed by atoms with Crippen LogP contribution in [0.15, 0.2) is 41.6 Å². The molecule has 5 nitrogen and oxygen atoms in total. The van der Waals surface area contributed by atoms with Crippen molar-refractivity contribution in [2.45, 2.75) is 26.3 Å². The first-order chi connectivity index (χ1) is 12.0. The zero-order chi connectivity index (χ0) is 18.4. The lowest BCUT2D eigenvalue weighted by atomic mass is 9.94. The second kappa shape index (κ2) is 8.97. The minimum Gasteiger partial charge on any atom is -0.382 e. The number of amides is 1. The monoisotopic (exact) mass is 361 g/mol. The van der Waals surface area contributed by atoms with Crippen molar-refractivity contribution >= 4 is 23.2 Å². The predicted octanol–water partition coefficient (Wildman–Crippen LogP) is 2.71. The number of thiocarbonyl (C=S) groups is 1. The molecule has 2 rings (SSSR count). The molecule has 0 aromatic heterocycles. The van der Waals surface area contributed by atoms with Gasteiger partial charge in [0, 0.05) is 39.6 Å². The van der Waals surface area contributed by atoms with E-state index < -0.39 is 0 Å². The number of nitrogens with zero attached hydrogens (tertiary/aromatic N) is 2. The molecule has 1 aromatic carbocycles. The van der Waals surface area contributed by atoms with Crippen LogP contribution in [-0.4, -0.2) is 54.7 Å². The van der Waals surface area contributed by atoms with Crippen molar-refractivity contribution in [1.29, 1.82) is 0 Å². The van der Waals surface area contributed by atoms with Crippen molar-refractivity contribution in [3.05, 3.63) is 47.2 Å². The van der Waals surface area contributed by atoms with Crippen LogP contribution in [0.2, 0.25) is 0 Å². The highest BCUT2D eigenvalue weighted by molar-refractivity contribution is 7.80. The fourth-order valence-corrected chi connectivity index (χ4v) is 3.28. The zero-order valence-corrected chi connectivity index (χ0v) is 16.2. The first-order valence-corrected chi connectivity index (χ1v) is 9.01. The number of allylic oxidation sites excluding steroid dienone is 1. The molecule has 0 saturated carbocycles. The predicted molar refractivity (Wildman–Crippen MR) is 104 cm³/mol. The number of benzene rings is 1. The van der Waals surface area contributed by atoms with Gasteiger partial charge in [0.15, 0.2) is 5.11 Å². The Morgan fingerprint density at radius 2 is 2.00 bits per heavy atom. The van der Waals surface area contributed by atoms with E-state index in [1.165, 1.54) is 0 Å². The smallest absolute Gasteiger partial charge is 0.253 e. The van der Waals surface area contributed by atoms with Crippen molar-refractivity contribution in [3.8, 4) is 0 Å². The van der Waals surface area contributed by atoms with Gasteiger partial charge in [-0.05, 0) is 38.0 Å². The van der Waals surface area contributed by atoms with Crippen LogP contribution >= 0.6 is 12.2 Å². The van der Waals surface area contributed by atoms with E-state index in [0.29, 0.717) is 18.3 Å². The van der Waals surface area contributed by atoms with E-state index in [1.807, 2.05) is 49.1 Å². The van der Waals surface area contributed by atoms with E-state index in [4.69, 9.17) is 17.0 Å². The topological polar surface area (TPSA) is 44.8 Å². The van der Waals surface area contributed by atoms with Crippen molar-refractivity contribution in [2.24, 2.45) is 0 Å². The lowest BCUT2D eigenvalue weighted by Gasteiger charge is -2.38. The Kier molecular flexibility index (Phi) is 6.96. The van der Waals surface area contributed by atoms with Crippen LogP contribution in [0.4, 0.5) is 0 Å². The van der Waals surface area contributed by atoms with Crippen molar-refractivity contribution in [2.75, 3.05) is 33.9 Å². The minimum absolute atomic E-state index is 0.00355.